The zero-order valence-electron chi connectivity index (χ0n) is 14.6. The number of hydrogen-bond acceptors (Lipinski definition) is 4. The fourth-order valence-corrected chi connectivity index (χ4v) is 3.71. The number of fused-ring (bicyclic) bond motifs is 1. The maximum absolute atomic E-state index is 10.5. The molecule has 1 saturated heterocycles. The number of piperidine rings is 1. The van der Waals surface area contributed by atoms with Crippen LogP contribution in [-0.4, -0.2) is 39.4 Å². The number of aromatic nitrogens is 2. The summed E-state index contributed by atoms with van der Waals surface area (Å²) < 4.78 is 7.78. The highest BCUT2D eigenvalue weighted by atomic mass is 16.4. The molecule has 3 heterocycles. The lowest BCUT2D eigenvalue weighted by Gasteiger charge is -2.32. The van der Waals surface area contributed by atoms with Crippen molar-refractivity contribution in [1.29, 1.82) is 0 Å². The van der Waals surface area contributed by atoms with Crippen molar-refractivity contribution in [2.45, 2.75) is 38.3 Å². The fourth-order valence-electron chi connectivity index (χ4n) is 3.71. The van der Waals surface area contributed by atoms with Crippen LogP contribution < -0.4 is 0 Å². The average molecular weight is 339 g/mol. The van der Waals surface area contributed by atoms with E-state index in [9.17, 15) is 5.11 Å². The molecule has 1 N–H and O–H groups in total. The van der Waals surface area contributed by atoms with Gasteiger partial charge >= 0.3 is 0 Å². The van der Waals surface area contributed by atoms with Gasteiger partial charge in [0.25, 0.3) is 0 Å². The Kier molecular flexibility index (Phi) is 4.59. The van der Waals surface area contributed by atoms with Gasteiger partial charge in [0.15, 0.2) is 0 Å². The van der Waals surface area contributed by atoms with Crippen molar-refractivity contribution in [2.24, 2.45) is 0 Å². The second-order valence-electron chi connectivity index (χ2n) is 6.91. The normalized spacial score (nSPS) is 18.0. The van der Waals surface area contributed by atoms with E-state index in [0.717, 1.165) is 43.4 Å². The predicted molar refractivity (Wildman–Crippen MR) is 97.5 cm³/mol. The molecule has 0 radical (unpaired) electrons. The molecule has 1 aliphatic heterocycles. The van der Waals surface area contributed by atoms with Crippen LogP contribution in [0.5, 0.6) is 0 Å². The summed E-state index contributed by atoms with van der Waals surface area (Å²) in [4.78, 5) is 2.33. The van der Waals surface area contributed by atoms with E-state index in [1.165, 1.54) is 5.56 Å². The van der Waals surface area contributed by atoms with Gasteiger partial charge in [0.1, 0.15) is 17.4 Å². The smallest absolute Gasteiger partial charge is 0.135 e. The third-order valence-corrected chi connectivity index (χ3v) is 5.24. The molecule has 0 spiro atoms. The van der Waals surface area contributed by atoms with Crippen molar-refractivity contribution in [3.8, 4) is 0 Å². The van der Waals surface area contributed by atoms with Gasteiger partial charge in [0.05, 0.1) is 6.20 Å². The van der Waals surface area contributed by atoms with Crippen LogP contribution in [0.3, 0.4) is 0 Å². The predicted octanol–water partition coefficient (Wildman–Crippen LogP) is 3.56. The minimum absolute atomic E-state index is 0.577. The van der Waals surface area contributed by atoms with E-state index >= 15 is 0 Å². The fraction of sp³-hybridized carbons (Fsp3) is 0.450. The lowest BCUT2D eigenvalue weighted by Crippen LogP contribution is -2.35. The van der Waals surface area contributed by atoms with Crippen LogP contribution in [0.1, 0.15) is 43.1 Å². The summed E-state index contributed by atoms with van der Waals surface area (Å²) in [5, 5.41) is 16.0. The molecule has 0 aliphatic carbocycles. The minimum Gasteiger partial charge on any atom is -0.458 e. The van der Waals surface area contributed by atoms with E-state index in [-0.39, 0.29) is 0 Å². The minimum atomic E-state index is -0.577. The number of para-hydroxylation sites is 1. The zero-order chi connectivity index (χ0) is 17.2. The molecule has 0 bridgehead atoms. The molecule has 3 aromatic rings. The monoisotopic (exact) mass is 339 g/mol. The number of likely N-dealkylation sites (tertiary alicyclic amines) is 1. The third-order valence-electron chi connectivity index (χ3n) is 5.24. The number of rotatable bonds is 5. The summed E-state index contributed by atoms with van der Waals surface area (Å²) in [7, 11) is 0. The van der Waals surface area contributed by atoms with Crippen molar-refractivity contribution in [3.05, 3.63) is 54.0 Å². The molecule has 1 aromatic carbocycles. The largest absolute Gasteiger partial charge is 0.458 e. The van der Waals surface area contributed by atoms with Crippen LogP contribution in [0.25, 0.3) is 11.0 Å². The molecule has 25 heavy (non-hydrogen) atoms. The molecule has 0 saturated carbocycles. The van der Waals surface area contributed by atoms with Gasteiger partial charge in [-0.2, -0.15) is 5.10 Å². The number of nitrogens with zero attached hydrogens (tertiary/aromatic N) is 3. The summed E-state index contributed by atoms with van der Waals surface area (Å²) in [5.74, 6) is 1.24. The first-order valence-electron chi connectivity index (χ1n) is 9.14. The number of aryl methyl sites for hydroxylation is 1. The molecule has 132 valence electrons. The summed E-state index contributed by atoms with van der Waals surface area (Å²) in [5.41, 5.74) is 2.18. The Balaban J connectivity index is 1.34. The van der Waals surface area contributed by atoms with Gasteiger partial charge in [-0.05, 0) is 56.5 Å². The summed E-state index contributed by atoms with van der Waals surface area (Å²) in [6.45, 7) is 5.65. The quantitative estimate of drug-likeness (QED) is 0.772. The highest BCUT2D eigenvalue weighted by molar-refractivity contribution is 5.77. The number of aliphatic hydroxyl groups is 1. The number of benzene rings is 1. The molecular weight excluding hydrogens is 314 g/mol. The molecule has 0 amide bonds. The molecule has 2 aromatic heterocycles. The van der Waals surface area contributed by atoms with Gasteiger partial charge in [-0.3, -0.25) is 4.68 Å². The maximum atomic E-state index is 10.5. The number of hydrogen-bond donors (Lipinski definition) is 1. The highest BCUT2D eigenvalue weighted by Crippen LogP contribution is 2.29. The summed E-state index contributed by atoms with van der Waals surface area (Å²) in [6, 6.07) is 9.84. The van der Waals surface area contributed by atoms with Crippen LogP contribution in [0.15, 0.2) is 47.1 Å². The average Bonchev–Trinajstić information content (AvgIpc) is 3.29. The van der Waals surface area contributed by atoms with Gasteiger partial charge in [-0.1, -0.05) is 18.2 Å². The van der Waals surface area contributed by atoms with Gasteiger partial charge in [0.2, 0.25) is 0 Å². The van der Waals surface area contributed by atoms with Crippen molar-refractivity contribution in [2.75, 3.05) is 19.6 Å². The highest BCUT2D eigenvalue weighted by Gasteiger charge is 2.24. The first-order valence-corrected chi connectivity index (χ1v) is 9.14. The van der Waals surface area contributed by atoms with Gasteiger partial charge in [-0.15, -0.1) is 0 Å². The second kappa shape index (κ2) is 7.02. The van der Waals surface area contributed by atoms with E-state index < -0.39 is 6.10 Å². The molecule has 1 atom stereocenters. The Morgan fingerprint density at radius 2 is 2.08 bits per heavy atom. The van der Waals surface area contributed by atoms with Gasteiger partial charge in [-0.25, -0.2) is 0 Å². The topological polar surface area (TPSA) is 54.4 Å². The third kappa shape index (κ3) is 3.48. The maximum Gasteiger partial charge on any atom is 0.135 e. The number of β-amino-alcohol motifs (C(OH)–C–C–N with tert-alkyl or cyclic N) is 1. The number of aliphatic hydroxyl groups excluding tert-OH is 1. The Morgan fingerprint density at radius 3 is 2.80 bits per heavy atom. The Labute approximate surface area is 147 Å². The zero-order valence-corrected chi connectivity index (χ0v) is 14.6. The Bertz CT molecular complexity index is 797. The van der Waals surface area contributed by atoms with Crippen LogP contribution >= 0.6 is 0 Å². The molecule has 5 nitrogen and oxygen atoms in total. The summed E-state index contributed by atoms with van der Waals surface area (Å²) >= 11 is 0. The Hall–Kier alpha value is -2.11. The number of furan rings is 1. The van der Waals surface area contributed by atoms with Crippen LogP contribution in [0.2, 0.25) is 0 Å². The van der Waals surface area contributed by atoms with Crippen molar-refractivity contribution >= 4 is 11.0 Å². The van der Waals surface area contributed by atoms with Crippen molar-refractivity contribution < 1.29 is 9.52 Å². The lowest BCUT2D eigenvalue weighted by atomic mass is 9.91. The van der Waals surface area contributed by atoms with E-state index in [2.05, 4.69) is 23.1 Å². The van der Waals surface area contributed by atoms with Gasteiger partial charge < -0.3 is 14.4 Å². The lowest BCUT2D eigenvalue weighted by molar-refractivity contribution is 0.0829. The summed E-state index contributed by atoms with van der Waals surface area (Å²) in [6.07, 6.45) is 5.83. The molecule has 5 heteroatoms. The molecule has 4 rings (SSSR count). The van der Waals surface area contributed by atoms with Crippen LogP contribution in [-0.2, 0) is 6.54 Å². The van der Waals surface area contributed by atoms with E-state index in [0.29, 0.717) is 18.2 Å². The van der Waals surface area contributed by atoms with Crippen LogP contribution in [0.4, 0.5) is 0 Å². The van der Waals surface area contributed by atoms with E-state index in [4.69, 9.17) is 4.42 Å². The first-order chi connectivity index (χ1) is 12.2. The van der Waals surface area contributed by atoms with Crippen molar-refractivity contribution in [3.63, 3.8) is 0 Å². The van der Waals surface area contributed by atoms with E-state index in [1.807, 2.05) is 41.2 Å². The van der Waals surface area contributed by atoms with Gasteiger partial charge in [0, 0.05) is 24.7 Å². The Morgan fingerprint density at radius 1 is 1.28 bits per heavy atom. The molecule has 1 aliphatic rings. The molecule has 0 unspecified atom stereocenters. The SMILES string of the molecule is CCn1cc(C2CCN(C[C@@H](O)c3cc4ccccc4o3)CC2)cn1. The molecule has 1 fully saturated rings. The second-order valence-corrected chi connectivity index (χ2v) is 6.91. The van der Waals surface area contributed by atoms with Crippen LogP contribution in [0, 0.1) is 0 Å². The first kappa shape index (κ1) is 16.4. The van der Waals surface area contributed by atoms with E-state index in [1.54, 1.807) is 0 Å². The molecular formula is C20H25N3O2. The van der Waals surface area contributed by atoms with Crippen molar-refractivity contribution in [1.82, 2.24) is 14.7 Å². The standard InChI is InChI=1S/C20H25N3O2/c1-2-23-13-17(12-21-23)15-7-9-22(10-8-15)14-18(24)20-11-16-5-3-4-6-19(16)25-20/h3-6,11-13,15,18,24H,2,7-10,14H2,1H3/t18-/m1/s1.